The van der Waals surface area contributed by atoms with Gasteiger partial charge in [0.1, 0.15) is 0 Å². The summed E-state index contributed by atoms with van der Waals surface area (Å²) in [5, 5.41) is 9.06. The minimum atomic E-state index is 0. The van der Waals surface area contributed by atoms with Gasteiger partial charge in [0, 0.05) is 30.9 Å². The van der Waals surface area contributed by atoms with Crippen LogP contribution >= 0.6 is 35.3 Å². The van der Waals surface area contributed by atoms with Gasteiger partial charge in [-0.3, -0.25) is 4.99 Å². The number of nitrogens with one attached hydrogen (secondary N) is 2. The lowest BCUT2D eigenvalue weighted by molar-refractivity contribution is 0.220. The Morgan fingerprint density at radius 2 is 2.14 bits per heavy atom. The Morgan fingerprint density at radius 3 is 2.73 bits per heavy atom. The van der Waals surface area contributed by atoms with Crippen LogP contribution in [0.15, 0.2) is 22.5 Å². The fourth-order valence-electron chi connectivity index (χ4n) is 2.65. The number of hydrogen-bond donors (Lipinski definition) is 2. The van der Waals surface area contributed by atoms with Crippen LogP contribution in [0.4, 0.5) is 0 Å². The molecule has 1 unspecified atom stereocenters. The van der Waals surface area contributed by atoms with Crippen LogP contribution < -0.4 is 10.6 Å². The topological polar surface area (TPSA) is 39.7 Å². The van der Waals surface area contributed by atoms with Gasteiger partial charge in [-0.15, -0.1) is 35.3 Å². The predicted octanol–water partition coefficient (Wildman–Crippen LogP) is 2.98. The van der Waals surface area contributed by atoms with E-state index in [9.17, 15) is 0 Å². The maximum atomic E-state index is 4.33. The second-order valence-electron chi connectivity index (χ2n) is 6.00. The van der Waals surface area contributed by atoms with Crippen molar-refractivity contribution in [3.63, 3.8) is 0 Å². The monoisotopic (exact) mass is 436 g/mol. The molecule has 0 aliphatic carbocycles. The lowest BCUT2D eigenvalue weighted by Crippen LogP contribution is -2.43. The maximum absolute atomic E-state index is 4.33. The van der Waals surface area contributed by atoms with E-state index in [1.54, 1.807) is 0 Å². The Labute approximate surface area is 155 Å². The largest absolute Gasteiger partial charge is 0.356 e. The summed E-state index contributed by atoms with van der Waals surface area (Å²) in [6.07, 6.45) is 2.57. The lowest BCUT2D eigenvalue weighted by atomic mass is 9.97. The van der Waals surface area contributed by atoms with E-state index < -0.39 is 0 Å². The first-order chi connectivity index (χ1) is 10.2. The zero-order chi connectivity index (χ0) is 15.1. The van der Waals surface area contributed by atoms with E-state index >= 15 is 0 Å². The number of rotatable bonds is 5. The van der Waals surface area contributed by atoms with Crippen molar-refractivity contribution in [2.45, 2.75) is 25.7 Å². The average molecular weight is 436 g/mol. The highest BCUT2D eigenvalue weighted by Gasteiger charge is 2.16. The van der Waals surface area contributed by atoms with Gasteiger partial charge in [-0.2, -0.15) is 0 Å². The smallest absolute Gasteiger partial charge is 0.191 e. The molecule has 0 radical (unpaired) electrons. The molecule has 0 aromatic carbocycles. The third-order valence-corrected chi connectivity index (χ3v) is 5.33. The SMILES string of the molecule is CN=C(NCC1CCN(C)CC1)NCC(C)c1cccs1.I. The first kappa shape index (κ1) is 19.7. The minimum Gasteiger partial charge on any atom is -0.356 e. The fraction of sp³-hybridized carbons (Fsp3) is 0.688. The van der Waals surface area contributed by atoms with Crippen molar-refractivity contribution in [3.8, 4) is 0 Å². The van der Waals surface area contributed by atoms with Crippen LogP contribution in [0, 0.1) is 5.92 Å². The minimum absolute atomic E-state index is 0. The number of likely N-dealkylation sites (tertiary alicyclic amines) is 1. The molecule has 1 atom stereocenters. The van der Waals surface area contributed by atoms with Crippen LogP contribution in [0.5, 0.6) is 0 Å². The van der Waals surface area contributed by atoms with Gasteiger partial charge < -0.3 is 15.5 Å². The summed E-state index contributed by atoms with van der Waals surface area (Å²) < 4.78 is 0. The van der Waals surface area contributed by atoms with E-state index in [1.807, 2.05) is 18.4 Å². The lowest BCUT2D eigenvalue weighted by Gasteiger charge is -2.29. The van der Waals surface area contributed by atoms with E-state index in [1.165, 1.54) is 30.8 Å². The van der Waals surface area contributed by atoms with Gasteiger partial charge in [-0.25, -0.2) is 0 Å². The quantitative estimate of drug-likeness (QED) is 0.424. The van der Waals surface area contributed by atoms with Crippen molar-refractivity contribution < 1.29 is 0 Å². The number of nitrogens with zero attached hydrogens (tertiary/aromatic N) is 2. The highest BCUT2D eigenvalue weighted by atomic mass is 127. The molecule has 2 rings (SSSR count). The zero-order valence-corrected chi connectivity index (χ0v) is 17.0. The van der Waals surface area contributed by atoms with E-state index in [4.69, 9.17) is 0 Å². The first-order valence-electron chi connectivity index (χ1n) is 7.85. The summed E-state index contributed by atoms with van der Waals surface area (Å²) in [4.78, 5) is 8.16. The number of halogens is 1. The molecule has 0 bridgehead atoms. The summed E-state index contributed by atoms with van der Waals surface area (Å²) in [6, 6.07) is 4.31. The van der Waals surface area contributed by atoms with Gasteiger partial charge in [0.25, 0.3) is 0 Å². The van der Waals surface area contributed by atoms with Crippen LogP contribution in [-0.2, 0) is 0 Å². The Bertz CT molecular complexity index is 427. The van der Waals surface area contributed by atoms with Crippen LogP contribution in [0.25, 0.3) is 0 Å². The van der Waals surface area contributed by atoms with E-state index in [2.05, 4.69) is 52.0 Å². The van der Waals surface area contributed by atoms with Crippen LogP contribution in [0.2, 0.25) is 0 Å². The van der Waals surface area contributed by atoms with Crippen molar-refractivity contribution in [3.05, 3.63) is 22.4 Å². The summed E-state index contributed by atoms with van der Waals surface area (Å²) in [5.41, 5.74) is 0. The number of guanidine groups is 1. The van der Waals surface area contributed by atoms with Gasteiger partial charge >= 0.3 is 0 Å². The molecule has 1 aromatic rings. The summed E-state index contributed by atoms with van der Waals surface area (Å²) in [6.45, 7) is 6.64. The molecule has 0 amide bonds. The van der Waals surface area contributed by atoms with Crippen LogP contribution in [0.1, 0.15) is 30.6 Å². The van der Waals surface area contributed by atoms with Gasteiger partial charge in [0.05, 0.1) is 0 Å². The molecule has 1 fully saturated rings. The van der Waals surface area contributed by atoms with Crippen LogP contribution in [-0.4, -0.2) is 51.1 Å². The molecule has 2 heterocycles. The molecule has 22 heavy (non-hydrogen) atoms. The van der Waals surface area contributed by atoms with E-state index in [0.29, 0.717) is 5.92 Å². The molecule has 0 spiro atoms. The molecule has 2 N–H and O–H groups in total. The number of thiophene rings is 1. The molecule has 1 aromatic heterocycles. The fourth-order valence-corrected chi connectivity index (χ4v) is 3.44. The highest BCUT2D eigenvalue weighted by molar-refractivity contribution is 14.0. The van der Waals surface area contributed by atoms with Crippen molar-refractivity contribution in [2.24, 2.45) is 10.9 Å². The first-order valence-corrected chi connectivity index (χ1v) is 8.73. The third-order valence-electron chi connectivity index (χ3n) is 4.22. The number of aliphatic imine (C=N–C) groups is 1. The molecule has 0 saturated carbocycles. The predicted molar refractivity (Wildman–Crippen MR) is 108 cm³/mol. The summed E-state index contributed by atoms with van der Waals surface area (Å²) in [7, 11) is 4.05. The van der Waals surface area contributed by atoms with E-state index in [-0.39, 0.29) is 24.0 Å². The van der Waals surface area contributed by atoms with Gasteiger partial charge in [0.15, 0.2) is 5.96 Å². The second kappa shape index (κ2) is 10.4. The standard InChI is InChI=1S/C16H28N4S.HI/c1-13(15-5-4-10-21-15)11-18-16(17-2)19-12-14-6-8-20(3)9-7-14;/h4-5,10,13-14H,6-9,11-12H2,1-3H3,(H2,17,18,19);1H. The van der Waals surface area contributed by atoms with Crippen molar-refractivity contribution in [1.29, 1.82) is 0 Å². The Balaban J connectivity index is 0.00000242. The summed E-state index contributed by atoms with van der Waals surface area (Å²) >= 11 is 1.82. The average Bonchev–Trinajstić information content (AvgIpc) is 3.03. The second-order valence-corrected chi connectivity index (χ2v) is 6.98. The van der Waals surface area contributed by atoms with Gasteiger partial charge in [-0.1, -0.05) is 13.0 Å². The molecular weight excluding hydrogens is 407 g/mol. The zero-order valence-electron chi connectivity index (χ0n) is 13.8. The summed E-state index contributed by atoms with van der Waals surface area (Å²) in [5.74, 6) is 2.22. The Hall–Kier alpha value is -0.340. The third kappa shape index (κ3) is 6.42. The number of hydrogen-bond acceptors (Lipinski definition) is 3. The molecule has 6 heteroatoms. The van der Waals surface area contributed by atoms with Crippen molar-refractivity contribution in [2.75, 3.05) is 40.3 Å². The van der Waals surface area contributed by atoms with Gasteiger partial charge in [0.2, 0.25) is 0 Å². The maximum Gasteiger partial charge on any atom is 0.191 e. The molecule has 1 saturated heterocycles. The Kier molecular flexibility index (Phi) is 9.35. The Morgan fingerprint density at radius 1 is 1.41 bits per heavy atom. The molecular formula is C16H29IN4S. The number of piperidine rings is 1. The molecule has 4 nitrogen and oxygen atoms in total. The van der Waals surface area contributed by atoms with Crippen LogP contribution in [0.3, 0.4) is 0 Å². The van der Waals surface area contributed by atoms with Crippen molar-refractivity contribution >= 4 is 41.3 Å². The molecule has 1 aliphatic rings. The van der Waals surface area contributed by atoms with E-state index in [0.717, 1.165) is 25.0 Å². The van der Waals surface area contributed by atoms with Gasteiger partial charge in [-0.05, 0) is 50.3 Å². The van der Waals surface area contributed by atoms with Crippen molar-refractivity contribution in [1.82, 2.24) is 15.5 Å². The molecule has 126 valence electrons. The normalized spacial score (nSPS) is 18.6. The highest BCUT2D eigenvalue weighted by Crippen LogP contribution is 2.19. The molecule has 1 aliphatic heterocycles.